The average molecular weight is 468 g/mol. The van der Waals surface area contributed by atoms with Gasteiger partial charge in [-0.25, -0.2) is 0 Å². The van der Waals surface area contributed by atoms with Crippen molar-refractivity contribution in [3.8, 4) is 11.5 Å². The fourth-order valence-corrected chi connectivity index (χ4v) is 5.14. The van der Waals surface area contributed by atoms with Gasteiger partial charge in [0.25, 0.3) is 0 Å². The largest absolute Gasteiger partial charge is 0.493 e. The molecule has 3 aromatic rings. The van der Waals surface area contributed by atoms with E-state index in [0.29, 0.717) is 18.8 Å². The number of carbonyl (C=O) groups is 1. The van der Waals surface area contributed by atoms with E-state index >= 15 is 0 Å². The first-order valence-electron chi connectivity index (χ1n) is 11.6. The maximum absolute atomic E-state index is 11.7. The molecule has 0 atom stereocenters. The summed E-state index contributed by atoms with van der Waals surface area (Å²) < 4.78 is 13.0. The molecule has 7 heteroatoms. The van der Waals surface area contributed by atoms with E-state index in [1.165, 1.54) is 15.8 Å². The van der Waals surface area contributed by atoms with Crippen molar-refractivity contribution in [2.75, 3.05) is 56.7 Å². The van der Waals surface area contributed by atoms with E-state index in [0.717, 1.165) is 56.1 Å². The van der Waals surface area contributed by atoms with Crippen LogP contribution in [0.5, 0.6) is 11.5 Å². The topological polar surface area (TPSA) is 54.0 Å². The second kappa shape index (κ2) is 10.9. The van der Waals surface area contributed by atoms with Crippen LogP contribution in [-0.2, 0) is 4.79 Å². The van der Waals surface area contributed by atoms with Gasteiger partial charge < -0.3 is 19.7 Å². The van der Waals surface area contributed by atoms with Crippen molar-refractivity contribution in [2.24, 2.45) is 0 Å². The van der Waals surface area contributed by atoms with E-state index in [9.17, 15) is 4.79 Å². The molecule has 33 heavy (non-hydrogen) atoms. The highest BCUT2D eigenvalue weighted by molar-refractivity contribution is 7.17. The highest BCUT2D eigenvalue weighted by atomic mass is 32.1. The molecule has 0 bridgehead atoms. The Kier molecular flexibility index (Phi) is 7.73. The Hall–Kier alpha value is -2.77. The summed E-state index contributed by atoms with van der Waals surface area (Å²) in [5.74, 6) is 1.38. The number of nitrogens with zero attached hydrogens (tertiary/aromatic N) is 2. The van der Waals surface area contributed by atoms with Crippen LogP contribution in [0.1, 0.15) is 25.3 Å². The van der Waals surface area contributed by atoms with Crippen LogP contribution >= 0.6 is 11.3 Å². The number of benzene rings is 2. The van der Waals surface area contributed by atoms with Crippen LogP contribution in [0, 0.1) is 6.92 Å². The number of amides is 1. The molecule has 1 aliphatic heterocycles. The van der Waals surface area contributed by atoms with Crippen LogP contribution in [0.2, 0.25) is 0 Å². The average Bonchev–Trinajstić information content (AvgIpc) is 3.32. The third-order valence-corrected chi connectivity index (χ3v) is 7.00. The molecular formula is C26H33N3O3S. The summed E-state index contributed by atoms with van der Waals surface area (Å²) in [5.41, 5.74) is 3.05. The first-order chi connectivity index (χ1) is 16.1. The number of anilines is 2. The number of piperazine rings is 1. The van der Waals surface area contributed by atoms with Gasteiger partial charge in [0.15, 0.2) is 11.5 Å². The number of hydrogen-bond donors (Lipinski definition) is 1. The Labute approximate surface area is 200 Å². The van der Waals surface area contributed by atoms with Crippen molar-refractivity contribution in [3.63, 3.8) is 0 Å². The third-order valence-electron chi connectivity index (χ3n) is 6.12. The van der Waals surface area contributed by atoms with Crippen molar-refractivity contribution >= 4 is 38.7 Å². The molecule has 1 fully saturated rings. The second-order valence-corrected chi connectivity index (χ2v) is 9.31. The van der Waals surface area contributed by atoms with E-state index in [2.05, 4.69) is 44.8 Å². The normalized spacial score (nSPS) is 14.5. The van der Waals surface area contributed by atoms with Gasteiger partial charge in [-0.3, -0.25) is 9.69 Å². The first-order valence-corrected chi connectivity index (χ1v) is 12.5. The van der Waals surface area contributed by atoms with E-state index in [1.807, 2.05) is 37.3 Å². The number of rotatable bonds is 9. The highest BCUT2D eigenvalue weighted by Crippen LogP contribution is 2.35. The van der Waals surface area contributed by atoms with E-state index in [4.69, 9.17) is 9.47 Å². The fourth-order valence-electron chi connectivity index (χ4n) is 4.33. The molecule has 0 aliphatic carbocycles. The smallest absolute Gasteiger partial charge is 0.224 e. The lowest BCUT2D eigenvalue weighted by Gasteiger charge is -2.36. The number of carbonyl (C=O) groups excluding carboxylic acids is 1. The molecule has 0 saturated carbocycles. The quantitative estimate of drug-likeness (QED) is 0.441. The lowest BCUT2D eigenvalue weighted by Crippen LogP contribution is -2.46. The number of fused-ring (bicyclic) bond motifs is 1. The van der Waals surface area contributed by atoms with Gasteiger partial charge in [-0.2, -0.15) is 0 Å². The number of nitrogens with one attached hydrogen (secondary N) is 1. The monoisotopic (exact) mass is 467 g/mol. The molecule has 1 aliphatic rings. The van der Waals surface area contributed by atoms with Gasteiger partial charge in [-0.15, -0.1) is 11.3 Å². The minimum atomic E-state index is -0.0165. The van der Waals surface area contributed by atoms with Gasteiger partial charge in [0.1, 0.15) is 0 Å². The van der Waals surface area contributed by atoms with Crippen molar-refractivity contribution in [1.82, 2.24) is 4.90 Å². The van der Waals surface area contributed by atoms with E-state index < -0.39 is 0 Å². The van der Waals surface area contributed by atoms with Gasteiger partial charge in [-0.05, 0) is 48.6 Å². The van der Waals surface area contributed by atoms with Crippen LogP contribution in [-0.4, -0.2) is 57.2 Å². The molecule has 4 rings (SSSR count). The van der Waals surface area contributed by atoms with Gasteiger partial charge >= 0.3 is 0 Å². The summed E-state index contributed by atoms with van der Waals surface area (Å²) in [4.78, 5) is 16.7. The minimum absolute atomic E-state index is 0.0165. The molecule has 1 amide bonds. The van der Waals surface area contributed by atoms with Crippen LogP contribution in [0.15, 0.2) is 41.8 Å². The van der Waals surface area contributed by atoms with Crippen LogP contribution in [0.4, 0.5) is 11.4 Å². The molecule has 1 N–H and O–H groups in total. The summed E-state index contributed by atoms with van der Waals surface area (Å²) in [5, 5.41) is 6.43. The van der Waals surface area contributed by atoms with Gasteiger partial charge in [0.2, 0.25) is 5.91 Å². The molecule has 1 saturated heterocycles. The van der Waals surface area contributed by atoms with Crippen LogP contribution in [0.25, 0.3) is 10.1 Å². The third kappa shape index (κ3) is 5.60. The van der Waals surface area contributed by atoms with Crippen LogP contribution < -0.4 is 19.7 Å². The molecule has 6 nitrogen and oxygen atoms in total. The van der Waals surface area contributed by atoms with Crippen molar-refractivity contribution in [3.05, 3.63) is 47.3 Å². The Morgan fingerprint density at radius 2 is 1.97 bits per heavy atom. The summed E-state index contributed by atoms with van der Waals surface area (Å²) in [6, 6.07) is 12.6. The fraction of sp³-hybridized carbons (Fsp3) is 0.423. The summed E-state index contributed by atoms with van der Waals surface area (Å²) >= 11 is 1.81. The maximum atomic E-state index is 11.7. The predicted molar refractivity (Wildman–Crippen MR) is 137 cm³/mol. The van der Waals surface area contributed by atoms with E-state index in [-0.39, 0.29) is 5.91 Å². The Morgan fingerprint density at radius 1 is 1.15 bits per heavy atom. The zero-order valence-electron chi connectivity index (χ0n) is 19.7. The maximum Gasteiger partial charge on any atom is 0.224 e. The molecule has 0 spiro atoms. The summed E-state index contributed by atoms with van der Waals surface area (Å²) in [6.45, 7) is 9.69. The Bertz CT molecular complexity index is 1090. The highest BCUT2D eigenvalue weighted by Gasteiger charge is 2.19. The summed E-state index contributed by atoms with van der Waals surface area (Å²) in [6.07, 6.45) is 1.40. The number of thiophene rings is 1. The number of ether oxygens (including phenoxy) is 2. The minimum Gasteiger partial charge on any atom is -0.493 e. The standard InChI is InChI=1S/C26H33N3O3S/c1-4-25(30)27-20-17-19(2)26(23(18-20)31-3)32-15-6-10-28-11-13-29(14-12-28)22-7-5-8-24-21(22)9-16-33-24/h5,7-9,16-18H,4,6,10-15H2,1-3H3,(H,27,30). The van der Waals surface area contributed by atoms with Crippen molar-refractivity contribution in [2.45, 2.75) is 26.7 Å². The second-order valence-electron chi connectivity index (χ2n) is 8.37. The molecule has 176 valence electrons. The molecule has 0 radical (unpaired) electrons. The molecule has 1 aromatic heterocycles. The predicted octanol–water partition coefficient (Wildman–Crippen LogP) is 5.16. The van der Waals surface area contributed by atoms with Gasteiger partial charge in [0.05, 0.1) is 13.7 Å². The van der Waals surface area contributed by atoms with E-state index in [1.54, 1.807) is 7.11 Å². The molecule has 2 heterocycles. The SMILES string of the molecule is CCC(=O)Nc1cc(C)c(OCCCN2CCN(c3cccc4sccc34)CC2)c(OC)c1. The molecule has 0 unspecified atom stereocenters. The number of methoxy groups -OCH3 is 1. The lowest BCUT2D eigenvalue weighted by molar-refractivity contribution is -0.115. The Balaban J connectivity index is 1.25. The molecular weight excluding hydrogens is 434 g/mol. The first kappa shape index (κ1) is 23.4. The van der Waals surface area contributed by atoms with Crippen molar-refractivity contribution < 1.29 is 14.3 Å². The van der Waals surface area contributed by atoms with Crippen LogP contribution in [0.3, 0.4) is 0 Å². The molecule has 2 aromatic carbocycles. The Morgan fingerprint density at radius 3 is 2.73 bits per heavy atom. The van der Waals surface area contributed by atoms with Gasteiger partial charge in [0, 0.05) is 66.7 Å². The zero-order valence-corrected chi connectivity index (χ0v) is 20.5. The van der Waals surface area contributed by atoms with Gasteiger partial charge in [-0.1, -0.05) is 13.0 Å². The van der Waals surface area contributed by atoms with Crippen molar-refractivity contribution in [1.29, 1.82) is 0 Å². The number of hydrogen-bond acceptors (Lipinski definition) is 6. The number of aryl methyl sites for hydroxylation is 1. The lowest BCUT2D eigenvalue weighted by atomic mass is 10.1. The zero-order chi connectivity index (χ0) is 23.2. The summed E-state index contributed by atoms with van der Waals surface area (Å²) in [7, 11) is 1.63.